The van der Waals surface area contributed by atoms with Crippen molar-refractivity contribution >= 4 is 5.91 Å². The molecule has 1 amide bonds. The summed E-state index contributed by atoms with van der Waals surface area (Å²) in [6, 6.07) is 1.86. The summed E-state index contributed by atoms with van der Waals surface area (Å²) >= 11 is 0. The Kier molecular flexibility index (Phi) is 15.3. The molecule has 0 fully saturated rings. The number of nitrogens with one attached hydrogen (secondary N) is 1. The molecule has 1 aromatic rings. The minimum atomic E-state index is 0.0945. The van der Waals surface area contributed by atoms with Gasteiger partial charge in [0.25, 0.3) is 0 Å². The van der Waals surface area contributed by atoms with Crippen molar-refractivity contribution in [3.8, 4) is 0 Å². The first-order valence-corrected chi connectivity index (χ1v) is 10.7. The monoisotopic (exact) mass is 383 g/mol. The first kappa shape index (κ1) is 23.7. The molecule has 0 saturated carbocycles. The van der Waals surface area contributed by atoms with Gasteiger partial charge < -0.3 is 9.73 Å². The molecule has 0 aromatic carbocycles. The van der Waals surface area contributed by atoms with Crippen LogP contribution in [0.1, 0.15) is 76.7 Å². The smallest absolute Gasteiger partial charge is 0.220 e. The predicted octanol–water partition coefficient (Wildman–Crippen LogP) is 7.04. The van der Waals surface area contributed by atoms with Gasteiger partial charge >= 0.3 is 0 Å². The number of carbonyl (C=O) groups excluding carboxylic acids is 1. The predicted molar refractivity (Wildman–Crippen MR) is 119 cm³/mol. The highest BCUT2D eigenvalue weighted by Gasteiger charge is 2.00. The lowest BCUT2D eigenvalue weighted by atomic mass is 10.2. The zero-order chi connectivity index (χ0) is 20.1. The average Bonchev–Trinajstić information content (AvgIpc) is 3.22. The summed E-state index contributed by atoms with van der Waals surface area (Å²) in [5.41, 5.74) is 0.994. The molecule has 1 heterocycles. The number of unbranched alkanes of at least 4 members (excludes halogenated alkanes) is 4. The van der Waals surface area contributed by atoms with E-state index in [2.05, 4.69) is 60.8 Å². The van der Waals surface area contributed by atoms with E-state index in [0.29, 0.717) is 13.0 Å². The van der Waals surface area contributed by atoms with Gasteiger partial charge in [0.1, 0.15) is 0 Å². The molecular formula is C25H37NO2. The maximum absolute atomic E-state index is 11.7. The van der Waals surface area contributed by atoms with Gasteiger partial charge in [0.05, 0.1) is 12.5 Å². The third kappa shape index (κ3) is 14.8. The van der Waals surface area contributed by atoms with Gasteiger partial charge in [-0.3, -0.25) is 4.79 Å². The molecule has 0 unspecified atom stereocenters. The van der Waals surface area contributed by atoms with E-state index < -0.39 is 0 Å². The standard InChI is InChI=1S/C25H37NO2/c1-2-3-4-5-6-7-8-9-10-11-12-13-14-15-16-17-18-19-25(27)26-22-24-20-21-28-23-24/h6-7,9-10,12-13,15-16,20-21,23H,2-5,8,11,14,17-19,22H2,1H3,(H,26,27)/b7-6-,10-9-,13-12+,16-15-. The van der Waals surface area contributed by atoms with E-state index >= 15 is 0 Å². The Morgan fingerprint density at radius 1 is 0.893 bits per heavy atom. The Hall–Kier alpha value is -2.29. The summed E-state index contributed by atoms with van der Waals surface area (Å²) in [6.45, 7) is 2.78. The second-order valence-electron chi connectivity index (χ2n) is 6.89. The van der Waals surface area contributed by atoms with Crippen LogP contribution in [-0.4, -0.2) is 5.91 Å². The molecule has 3 heteroatoms. The van der Waals surface area contributed by atoms with E-state index in [9.17, 15) is 4.79 Å². The largest absolute Gasteiger partial charge is 0.472 e. The SMILES string of the molecule is CCCCC/C=C\C/C=C\C/C=C/C/C=C\CCCC(=O)NCc1ccoc1. The van der Waals surface area contributed by atoms with E-state index in [1.54, 1.807) is 12.5 Å². The van der Waals surface area contributed by atoms with Gasteiger partial charge in [0.15, 0.2) is 0 Å². The molecule has 154 valence electrons. The Labute approximate surface area is 171 Å². The third-order valence-corrected chi connectivity index (χ3v) is 4.30. The fraction of sp³-hybridized carbons (Fsp3) is 0.480. The fourth-order valence-electron chi connectivity index (χ4n) is 2.62. The quantitative estimate of drug-likeness (QED) is 0.246. The zero-order valence-electron chi connectivity index (χ0n) is 17.4. The van der Waals surface area contributed by atoms with Crippen molar-refractivity contribution in [2.24, 2.45) is 0 Å². The molecule has 1 N–H and O–H groups in total. The molecule has 0 aliphatic rings. The molecule has 0 saturated heterocycles. The molecule has 3 nitrogen and oxygen atoms in total. The van der Waals surface area contributed by atoms with Crippen LogP contribution in [0.3, 0.4) is 0 Å². The lowest BCUT2D eigenvalue weighted by molar-refractivity contribution is -0.121. The van der Waals surface area contributed by atoms with Crippen LogP contribution < -0.4 is 5.32 Å². The number of furan rings is 1. The van der Waals surface area contributed by atoms with E-state index in [0.717, 1.165) is 37.7 Å². The van der Waals surface area contributed by atoms with Gasteiger partial charge in [0, 0.05) is 18.5 Å². The number of carbonyl (C=O) groups is 1. The summed E-state index contributed by atoms with van der Waals surface area (Å²) in [5.74, 6) is 0.0945. The van der Waals surface area contributed by atoms with Gasteiger partial charge in [-0.15, -0.1) is 0 Å². The Bertz CT molecular complexity index is 594. The van der Waals surface area contributed by atoms with Crippen LogP contribution in [0.5, 0.6) is 0 Å². The molecular weight excluding hydrogens is 346 g/mol. The number of hydrogen-bond acceptors (Lipinski definition) is 2. The lowest BCUT2D eigenvalue weighted by Crippen LogP contribution is -2.21. The van der Waals surface area contributed by atoms with E-state index in [4.69, 9.17) is 4.42 Å². The molecule has 0 spiro atoms. The fourth-order valence-corrected chi connectivity index (χ4v) is 2.62. The van der Waals surface area contributed by atoms with Crippen molar-refractivity contribution in [1.82, 2.24) is 5.32 Å². The molecule has 0 aliphatic heterocycles. The topological polar surface area (TPSA) is 42.2 Å². The normalized spacial score (nSPS) is 12.2. The Morgan fingerprint density at radius 2 is 1.50 bits per heavy atom. The van der Waals surface area contributed by atoms with Crippen LogP contribution in [0.4, 0.5) is 0 Å². The second-order valence-corrected chi connectivity index (χ2v) is 6.89. The maximum atomic E-state index is 11.7. The van der Waals surface area contributed by atoms with Crippen LogP contribution >= 0.6 is 0 Å². The van der Waals surface area contributed by atoms with Gasteiger partial charge in [-0.05, 0) is 51.0 Å². The molecule has 1 rings (SSSR count). The van der Waals surface area contributed by atoms with Gasteiger partial charge in [0.2, 0.25) is 5.91 Å². The minimum absolute atomic E-state index is 0.0945. The van der Waals surface area contributed by atoms with E-state index in [1.165, 1.54) is 25.7 Å². The van der Waals surface area contributed by atoms with Crippen LogP contribution in [0.2, 0.25) is 0 Å². The Balaban J connectivity index is 1.91. The van der Waals surface area contributed by atoms with E-state index in [-0.39, 0.29) is 5.91 Å². The van der Waals surface area contributed by atoms with Gasteiger partial charge in [-0.2, -0.15) is 0 Å². The summed E-state index contributed by atoms with van der Waals surface area (Å²) in [7, 11) is 0. The number of hydrogen-bond donors (Lipinski definition) is 1. The summed E-state index contributed by atoms with van der Waals surface area (Å²) < 4.78 is 4.97. The molecule has 1 aromatic heterocycles. The molecule has 0 atom stereocenters. The van der Waals surface area contributed by atoms with Crippen LogP contribution in [0, 0.1) is 0 Å². The molecule has 0 aliphatic carbocycles. The second kappa shape index (κ2) is 18.1. The van der Waals surface area contributed by atoms with Crippen molar-refractivity contribution in [3.05, 3.63) is 72.8 Å². The molecule has 28 heavy (non-hydrogen) atoms. The van der Waals surface area contributed by atoms with Crippen LogP contribution in [0.25, 0.3) is 0 Å². The van der Waals surface area contributed by atoms with Gasteiger partial charge in [-0.1, -0.05) is 68.4 Å². The molecule has 0 radical (unpaired) electrons. The highest BCUT2D eigenvalue weighted by atomic mass is 16.3. The van der Waals surface area contributed by atoms with Crippen molar-refractivity contribution in [1.29, 1.82) is 0 Å². The highest BCUT2D eigenvalue weighted by Crippen LogP contribution is 2.02. The van der Waals surface area contributed by atoms with Gasteiger partial charge in [-0.25, -0.2) is 0 Å². The average molecular weight is 384 g/mol. The van der Waals surface area contributed by atoms with Crippen molar-refractivity contribution in [2.45, 2.75) is 77.7 Å². The van der Waals surface area contributed by atoms with Crippen molar-refractivity contribution < 1.29 is 9.21 Å². The zero-order valence-corrected chi connectivity index (χ0v) is 17.4. The van der Waals surface area contributed by atoms with Crippen LogP contribution in [0.15, 0.2) is 71.6 Å². The lowest BCUT2D eigenvalue weighted by Gasteiger charge is -2.02. The first-order chi connectivity index (χ1) is 13.8. The van der Waals surface area contributed by atoms with Crippen LogP contribution in [-0.2, 0) is 11.3 Å². The van der Waals surface area contributed by atoms with Crippen molar-refractivity contribution in [2.75, 3.05) is 0 Å². The molecule has 0 bridgehead atoms. The first-order valence-electron chi connectivity index (χ1n) is 10.7. The minimum Gasteiger partial charge on any atom is -0.472 e. The number of amides is 1. The summed E-state index contributed by atoms with van der Waals surface area (Å²) in [5, 5.41) is 2.89. The third-order valence-electron chi connectivity index (χ3n) is 4.30. The summed E-state index contributed by atoms with van der Waals surface area (Å²) in [6.07, 6.45) is 31.5. The number of rotatable bonds is 16. The van der Waals surface area contributed by atoms with Crippen molar-refractivity contribution in [3.63, 3.8) is 0 Å². The summed E-state index contributed by atoms with van der Waals surface area (Å²) in [4.78, 5) is 11.7. The highest BCUT2D eigenvalue weighted by molar-refractivity contribution is 5.75. The maximum Gasteiger partial charge on any atom is 0.220 e. The number of allylic oxidation sites excluding steroid dienone is 8. The van der Waals surface area contributed by atoms with E-state index in [1.807, 2.05) is 6.07 Å². The Morgan fingerprint density at radius 3 is 2.07 bits per heavy atom.